The van der Waals surface area contributed by atoms with Gasteiger partial charge in [0.05, 0.1) is 23.4 Å². The predicted octanol–water partition coefficient (Wildman–Crippen LogP) is 4.13. The van der Waals surface area contributed by atoms with E-state index in [1.807, 2.05) is 6.07 Å². The minimum Gasteiger partial charge on any atom is -0.391 e. The Morgan fingerprint density at radius 1 is 1.09 bits per heavy atom. The number of nitriles is 1. The second-order valence-electron chi connectivity index (χ2n) is 4.40. The summed E-state index contributed by atoms with van der Waals surface area (Å²) < 4.78 is 37.2. The van der Waals surface area contributed by atoms with Crippen LogP contribution in [0.15, 0.2) is 53.7 Å². The van der Waals surface area contributed by atoms with Gasteiger partial charge in [-0.25, -0.2) is 0 Å². The van der Waals surface area contributed by atoms with E-state index in [4.69, 9.17) is 10.1 Å². The normalized spacial score (nSPS) is 11.4. The minimum atomic E-state index is -4.35. The van der Waals surface area contributed by atoms with Crippen LogP contribution in [0.25, 0.3) is 0 Å². The van der Waals surface area contributed by atoms with Crippen LogP contribution in [-0.4, -0.2) is 6.21 Å². The van der Waals surface area contributed by atoms with Gasteiger partial charge in [-0.05, 0) is 23.8 Å². The SMILES string of the molecule is N#Cc1ccccc1C=NOCc1ccc(C(F)(F)F)cc1. The summed E-state index contributed by atoms with van der Waals surface area (Å²) >= 11 is 0. The van der Waals surface area contributed by atoms with Crippen LogP contribution in [0, 0.1) is 11.3 Å². The van der Waals surface area contributed by atoms with E-state index in [1.165, 1.54) is 18.3 Å². The third kappa shape index (κ3) is 4.09. The van der Waals surface area contributed by atoms with Crippen molar-refractivity contribution in [3.8, 4) is 6.07 Å². The first kappa shape index (κ1) is 15.6. The average Bonchev–Trinajstić information content (AvgIpc) is 2.51. The van der Waals surface area contributed by atoms with Gasteiger partial charge < -0.3 is 4.84 Å². The van der Waals surface area contributed by atoms with Gasteiger partial charge in [-0.15, -0.1) is 0 Å². The molecule has 0 unspecified atom stereocenters. The molecule has 0 bridgehead atoms. The molecule has 0 radical (unpaired) electrons. The fourth-order valence-corrected chi connectivity index (χ4v) is 1.71. The van der Waals surface area contributed by atoms with Crippen molar-refractivity contribution in [3.05, 3.63) is 70.8 Å². The zero-order chi connectivity index (χ0) is 16.0. The molecule has 0 heterocycles. The van der Waals surface area contributed by atoms with Gasteiger partial charge in [0, 0.05) is 5.56 Å². The Morgan fingerprint density at radius 3 is 2.41 bits per heavy atom. The lowest BCUT2D eigenvalue weighted by Gasteiger charge is -2.07. The van der Waals surface area contributed by atoms with Crippen LogP contribution in [0.1, 0.15) is 22.3 Å². The topological polar surface area (TPSA) is 45.4 Å². The summed E-state index contributed by atoms with van der Waals surface area (Å²) in [5.74, 6) is 0. The molecule has 0 N–H and O–H groups in total. The molecule has 112 valence electrons. The van der Waals surface area contributed by atoms with Crippen LogP contribution in [0.4, 0.5) is 13.2 Å². The van der Waals surface area contributed by atoms with Crippen molar-refractivity contribution in [2.75, 3.05) is 0 Å². The standard InChI is InChI=1S/C16H11F3N2O/c17-16(18,19)15-7-5-12(6-8-15)11-22-21-10-14-4-2-1-3-13(14)9-20/h1-8,10H,11H2. The number of hydrogen-bond acceptors (Lipinski definition) is 3. The van der Waals surface area contributed by atoms with E-state index in [9.17, 15) is 13.2 Å². The van der Waals surface area contributed by atoms with E-state index < -0.39 is 11.7 Å². The molecule has 0 saturated carbocycles. The molecule has 2 rings (SSSR count). The fraction of sp³-hybridized carbons (Fsp3) is 0.125. The molecule has 22 heavy (non-hydrogen) atoms. The maximum Gasteiger partial charge on any atom is 0.416 e. The lowest BCUT2D eigenvalue weighted by molar-refractivity contribution is -0.137. The largest absolute Gasteiger partial charge is 0.416 e. The quantitative estimate of drug-likeness (QED) is 0.630. The highest BCUT2D eigenvalue weighted by Gasteiger charge is 2.29. The first-order valence-corrected chi connectivity index (χ1v) is 6.31. The van der Waals surface area contributed by atoms with Crippen LogP contribution in [0.5, 0.6) is 0 Å². The molecule has 0 atom stereocenters. The first-order valence-electron chi connectivity index (χ1n) is 6.31. The van der Waals surface area contributed by atoms with Gasteiger partial charge >= 0.3 is 6.18 Å². The summed E-state index contributed by atoms with van der Waals surface area (Å²) in [5, 5.41) is 12.6. The Balaban J connectivity index is 1.94. The van der Waals surface area contributed by atoms with E-state index in [0.717, 1.165) is 12.1 Å². The van der Waals surface area contributed by atoms with Crippen molar-refractivity contribution in [2.24, 2.45) is 5.16 Å². The first-order chi connectivity index (χ1) is 10.5. The Labute approximate surface area is 125 Å². The van der Waals surface area contributed by atoms with Crippen LogP contribution in [-0.2, 0) is 17.6 Å². The molecule has 0 aliphatic rings. The summed E-state index contributed by atoms with van der Waals surface area (Å²) in [6.07, 6.45) is -2.96. The molecule has 0 saturated heterocycles. The second kappa shape index (κ2) is 6.76. The molecule has 0 fully saturated rings. The van der Waals surface area contributed by atoms with Crippen LogP contribution < -0.4 is 0 Å². The summed E-state index contributed by atoms with van der Waals surface area (Å²) in [6, 6.07) is 13.5. The van der Waals surface area contributed by atoms with E-state index in [1.54, 1.807) is 24.3 Å². The number of halogens is 3. The lowest BCUT2D eigenvalue weighted by Crippen LogP contribution is -2.04. The Morgan fingerprint density at radius 2 is 1.77 bits per heavy atom. The number of hydrogen-bond donors (Lipinski definition) is 0. The summed E-state index contributed by atoms with van der Waals surface area (Å²) in [7, 11) is 0. The van der Waals surface area contributed by atoms with Crippen molar-refractivity contribution in [1.29, 1.82) is 5.26 Å². The number of nitrogens with zero attached hydrogens (tertiary/aromatic N) is 2. The zero-order valence-corrected chi connectivity index (χ0v) is 11.3. The molecule has 2 aromatic rings. The number of alkyl halides is 3. The zero-order valence-electron chi connectivity index (χ0n) is 11.3. The summed E-state index contributed by atoms with van der Waals surface area (Å²) in [4.78, 5) is 5.03. The molecular weight excluding hydrogens is 293 g/mol. The van der Waals surface area contributed by atoms with Crippen molar-refractivity contribution < 1.29 is 18.0 Å². The Hall–Kier alpha value is -2.81. The van der Waals surface area contributed by atoms with Gasteiger partial charge in [-0.2, -0.15) is 18.4 Å². The highest BCUT2D eigenvalue weighted by atomic mass is 19.4. The van der Waals surface area contributed by atoms with Crippen LogP contribution >= 0.6 is 0 Å². The van der Waals surface area contributed by atoms with E-state index in [0.29, 0.717) is 16.7 Å². The summed E-state index contributed by atoms with van der Waals surface area (Å²) in [5.41, 5.74) is 0.934. The van der Waals surface area contributed by atoms with E-state index in [2.05, 4.69) is 5.16 Å². The van der Waals surface area contributed by atoms with Crippen molar-refractivity contribution >= 4 is 6.21 Å². The Kier molecular flexibility index (Phi) is 4.79. The molecule has 0 amide bonds. The third-order valence-corrected chi connectivity index (χ3v) is 2.86. The maximum atomic E-state index is 12.4. The molecular formula is C16H11F3N2O. The Bertz CT molecular complexity index is 701. The van der Waals surface area contributed by atoms with Crippen molar-refractivity contribution in [2.45, 2.75) is 12.8 Å². The molecule has 2 aromatic carbocycles. The van der Waals surface area contributed by atoms with E-state index in [-0.39, 0.29) is 6.61 Å². The fourth-order valence-electron chi connectivity index (χ4n) is 1.71. The van der Waals surface area contributed by atoms with Gasteiger partial charge in [-0.1, -0.05) is 35.5 Å². The van der Waals surface area contributed by atoms with Crippen LogP contribution in [0.2, 0.25) is 0 Å². The van der Waals surface area contributed by atoms with Gasteiger partial charge in [0.25, 0.3) is 0 Å². The smallest absolute Gasteiger partial charge is 0.391 e. The number of oxime groups is 1. The molecule has 0 aliphatic carbocycles. The second-order valence-corrected chi connectivity index (χ2v) is 4.40. The molecule has 0 aliphatic heterocycles. The molecule has 3 nitrogen and oxygen atoms in total. The van der Waals surface area contributed by atoms with Gasteiger partial charge in [0.2, 0.25) is 0 Å². The molecule has 6 heteroatoms. The van der Waals surface area contributed by atoms with Crippen molar-refractivity contribution in [3.63, 3.8) is 0 Å². The number of rotatable bonds is 4. The maximum absolute atomic E-state index is 12.4. The monoisotopic (exact) mass is 304 g/mol. The lowest BCUT2D eigenvalue weighted by atomic mass is 10.1. The summed E-state index contributed by atoms with van der Waals surface area (Å²) in [6.45, 7) is 0.0450. The predicted molar refractivity (Wildman–Crippen MR) is 75.0 cm³/mol. The van der Waals surface area contributed by atoms with Gasteiger partial charge in [0.15, 0.2) is 0 Å². The minimum absolute atomic E-state index is 0.0450. The average molecular weight is 304 g/mol. The van der Waals surface area contributed by atoms with E-state index >= 15 is 0 Å². The van der Waals surface area contributed by atoms with Gasteiger partial charge in [0.1, 0.15) is 6.61 Å². The highest BCUT2D eigenvalue weighted by Crippen LogP contribution is 2.29. The third-order valence-electron chi connectivity index (χ3n) is 2.86. The van der Waals surface area contributed by atoms with Crippen LogP contribution in [0.3, 0.4) is 0 Å². The van der Waals surface area contributed by atoms with Crippen molar-refractivity contribution in [1.82, 2.24) is 0 Å². The number of benzene rings is 2. The highest BCUT2D eigenvalue weighted by molar-refractivity contribution is 5.82. The molecule has 0 aromatic heterocycles. The molecule has 0 spiro atoms. The van der Waals surface area contributed by atoms with Gasteiger partial charge in [-0.3, -0.25) is 0 Å².